The van der Waals surface area contributed by atoms with Crippen molar-refractivity contribution in [2.75, 3.05) is 7.11 Å². The van der Waals surface area contributed by atoms with Crippen LogP contribution >= 0.6 is 23.2 Å². The second kappa shape index (κ2) is 8.58. The van der Waals surface area contributed by atoms with Gasteiger partial charge in [-0.2, -0.15) is 13.2 Å². The van der Waals surface area contributed by atoms with Crippen LogP contribution in [0.5, 0.6) is 0 Å². The summed E-state index contributed by atoms with van der Waals surface area (Å²) < 4.78 is 39.4. The van der Waals surface area contributed by atoms with E-state index in [0.717, 1.165) is 12.1 Å². The molecular formula is C17H14Cl2F3N3O2. The quantitative estimate of drug-likeness (QED) is 0.569. The molecule has 1 amide bonds. The Hall–Kier alpha value is -2.32. The maximum Gasteiger partial charge on any atom is 0.417 e. The van der Waals surface area contributed by atoms with Crippen LogP contribution in [0.2, 0.25) is 10.0 Å². The van der Waals surface area contributed by atoms with Gasteiger partial charge in [0.15, 0.2) is 0 Å². The summed E-state index contributed by atoms with van der Waals surface area (Å²) in [6, 6.07) is 5.04. The first kappa shape index (κ1) is 21.0. The van der Waals surface area contributed by atoms with E-state index < -0.39 is 29.3 Å². The topological polar surface area (TPSA) is 63.6 Å². The first-order valence-corrected chi connectivity index (χ1v) is 8.30. The number of nitrogens with zero attached hydrogens (tertiary/aromatic N) is 2. The van der Waals surface area contributed by atoms with Gasteiger partial charge in [0.1, 0.15) is 18.5 Å². The minimum atomic E-state index is -4.67. The number of benzene rings is 1. The second-order valence-electron chi connectivity index (χ2n) is 5.38. The summed E-state index contributed by atoms with van der Waals surface area (Å²) in [6.45, 7) is 1.51. The summed E-state index contributed by atoms with van der Waals surface area (Å²) in [5.74, 6) is -0.927. The first-order valence-electron chi connectivity index (χ1n) is 7.54. The van der Waals surface area contributed by atoms with Gasteiger partial charge < -0.3 is 10.2 Å². The summed E-state index contributed by atoms with van der Waals surface area (Å²) in [6.07, 6.45) is -3.34. The highest BCUT2D eigenvalue weighted by molar-refractivity contribution is 6.36. The number of aromatic nitrogens is 1. The van der Waals surface area contributed by atoms with Crippen molar-refractivity contribution in [2.45, 2.75) is 19.1 Å². The van der Waals surface area contributed by atoms with Crippen molar-refractivity contribution in [2.24, 2.45) is 5.16 Å². The molecule has 1 atom stereocenters. The number of carbonyl (C=O) groups is 1. The smallest absolute Gasteiger partial charge is 0.399 e. The van der Waals surface area contributed by atoms with Gasteiger partial charge in [0, 0.05) is 6.20 Å². The van der Waals surface area contributed by atoms with E-state index in [0.29, 0.717) is 0 Å². The lowest BCUT2D eigenvalue weighted by atomic mass is 10.0. The van der Waals surface area contributed by atoms with E-state index in [9.17, 15) is 18.0 Å². The monoisotopic (exact) mass is 419 g/mol. The van der Waals surface area contributed by atoms with Gasteiger partial charge in [-0.1, -0.05) is 40.5 Å². The number of halogens is 5. The van der Waals surface area contributed by atoms with Gasteiger partial charge in [-0.25, -0.2) is 0 Å². The highest BCUT2D eigenvalue weighted by atomic mass is 35.5. The minimum Gasteiger partial charge on any atom is -0.399 e. The van der Waals surface area contributed by atoms with Gasteiger partial charge in [-0.15, -0.1) is 0 Å². The summed E-state index contributed by atoms with van der Waals surface area (Å²) in [4.78, 5) is 21.2. The molecule has 1 aromatic carbocycles. The molecule has 1 heterocycles. The molecule has 0 saturated heterocycles. The molecule has 1 N–H and O–H groups in total. The van der Waals surface area contributed by atoms with E-state index in [4.69, 9.17) is 28.0 Å². The molecule has 0 aliphatic carbocycles. The average Bonchev–Trinajstić information content (AvgIpc) is 2.59. The molecule has 0 fully saturated rings. The molecule has 0 aliphatic heterocycles. The predicted molar refractivity (Wildman–Crippen MR) is 96.2 cm³/mol. The molecule has 0 radical (unpaired) electrons. The molecule has 1 unspecified atom stereocenters. The van der Waals surface area contributed by atoms with Crippen molar-refractivity contribution in [3.05, 3.63) is 63.4 Å². The van der Waals surface area contributed by atoms with Gasteiger partial charge in [-0.05, 0) is 25.1 Å². The van der Waals surface area contributed by atoms with Crippen LogP contribution < -0.4 is 5.32 Å². The van der Waals surface area contributed by atoms with E-state index in [1.165, 1.54) is 38.4 Å². The van der Waals surface area contributed by atoms with Gasteiger partial charge >= 0.3 is 6.18 Å². The summed E-state index contributed by atoms with van der Waals surface area (Å²) in [7, 11) is 1.28. The second-order valence-corrected chi connectivity index (χ2v) is 6.23. The van der Waals surface area contributed by atoms with Gasteiger partial charge in [0.25, 0.3) is 5.91 Å². The van der Waals surface area contributed by atoms with Crippen molar-refractivity contribution in [1.82, 2.24) is 10.3 Å². The lowest BCUT2D eigenvalue weighted by Gasteiger charge is -2.18. The normalized spacial score (nSPS) is 13.2. The fraction of sp³-hybridized carbons (Fsp3) is 0.235. The van der Waals surface area contributed by atoms with E-state index in [1.54, 1.807) is 0 Å². The van der Waals surface area contributed by atoms with Gasteiger partial charge in [-0.3, -0.25) is 9.78 Å². The van der Waals surface area contributed by atoms with Crippen LogP contribution in [0.4, 0.5) is 13.2 Å². The van der Waals surface area contributed by atoms with Crippen LogP contribution in [-0.2, 0) is 11.0 Å². The third-order valence-corrected chi connectivity index (χ3v) is 3.97. The molecular weight excluding hydrogens is 406 g/mol. The van der Waals surface area contributed by atoms with Gasteiger partial charge in [0.05, 0.1) is 27.2 Å². The van der Waals surface area contributed by atoms with E-state index in [1.807, 2.05) is 0 Å². The molecule has 1 aromatic heterocycles. The molecule has 5 nitrogen and oxygen atoms in total. The van der Waals surface area contributed by atoms with Crippen LogP contribution in [0, 0.1) is 0 Å². The number of alkyl halides is 3. The summed E-state index contributed by atoms with van der Waals surface area (Å²) >= 11 is 11.9. The Balaban J connectivity index is 2.33. The van der Waals surface area contributed by atoms with E-state index in [-0.39, 0.29) is 21.5 Å². The van der Waals surface area contributed by atoms with Crippen LogP contribution in [0.25, 0.3) is 0 Å². The average molecular weight is 420 g/mol. The molecule has 0 aliphatic rings. The lowest BCUT2D eigenvalue weighted by molar-refractivity contribution is -0.137. The fourth-order valence-electron chi connectivity index (χ4n) is 2.30. The number of nitrogens with one attached hydrogen (secondary N) is 1. The first-order chi connectivity index (χ1) is 12.6. The largest absolute Gasteiger partial charge is 0.417 e. The molecule has 144 valence electrons. The van der Waals surface area contributed by atoms with Crippen LogP contribution in [0.1, 0.15) is 28.5 Å². The number of pyridine rings is 1. The standard InChI is InChI=1S/C17H14Cl2F3N3O2/c1-9(14(25-27-2)15-13(19)7-10(18)8-23-15)24-16(26)11-5-3-4-6-12(11)17(20,21)22/h3-9H,1-2H3,(H,24,26)/b25-14+. The Morgan fingerprint density at radius 2 is 1.96 bits per heavy atom. The Bertz CT molecular complexity index is 873. The van der Waals surface area contributed by atoms with Crippen molar-refractivity contribution >= 4 is 34.8 Å². The van der Waals surface area contributed by atoms with Crippen molar-refractivity contribution < 1.29 is 22.8 Å². The molecule has 2 rings (SSSR count). The van der Waals surface area contributed by atoms with Crippen LogP contribution in [0.15, 0.2) is 41.7 Å². The summed E-state index contributed by atoms with van der Waals surface area (Å²) in [5, 5.41) is 6.68. The number of amides is 1. The fourth-order valence-corrected chi connectivity index (χ4v) is 2.78. The maximum atomic E-state index is 13.1. The molecule has 2 aromatic rings. The third-order valence-electron chi connectivity index (χ3n) is 3.47. The number of hydrogen-bond acceptors (Lipinski definition) is 4. The number of carbonyl (C=O) groups excluding carboxylic acids is 1. The number of rotatable bonds is 5. The predicted octanol–water partition coefficient (Wildman–Crippen LogP) is 4.58. The highest BCUT2D eigenvalue weighted by Gasteiger charge is 2.35. The lowest BCUT2D eigenvalue weighted by Crippen LogP contribution is -2.40. The summed E-state index contributed by atoms with van der Waals surface area (Å²) in [5.41, 5.74) is -1.25. The van der Waals surface area contributed by atoms with Crippen molar-refractivity contribution in [3.63, 3.8) is 0 Å². The zero-order valence-corrected chi connectivity index (χ0v) is 15.7. The number of hydrogen-bond donors (Lipinski definition) is 1. The Kier molecular flexibility index (Phi) is 6.67. The Labute approximate surface area is 163 Å². The Morgan fingerprint density at radius 1 is 1.30 bits per heavy atom. The minimum absolute atomic E-state index is 0.122. The maximum absolute atomic E-state index is 13.1. The molecule has 0 bridgehead atoms. The van der Waals surface area contributed by atoms with Crippen LogP contribution in [-0.4, -0.2) is 29.8 Å². The van der Waals surface area contributed by atoms with Gasteiger partial charge in [0.2, 0.25) is 0 Å². The molecule has 0 spiro atoms. The Morgan fingerprint density at radius 3 is 2.56 bits per heavy atom. The molecule has 27 heavy (non-hydrogen) atoms. The SMILES string of the molecule is CO/N=C(/c1ncc(Cl)cc1Cl)C(C)NC(=O)c1ccccc1C(F)(F)F. The third kappa shape index (κ3) is 5.11. The zero-order valence-electron chi connectivity index (χ0n) is 14.1. The molecule has 10 heteroatoms. The zero-order chi connectivity index (χ0) is 20.2. The van der Waals surface area contributed by atoms with E-state index >= 15 is 0 Å². The van der Waals surface area contributed by atoms with Crippen LogP contribution in [0.3, 0.4) is 0 Å². The molecule has 0 saturated carbocycles. The van der Waals surface area contributed by atoms with E-state index in [2.05, 4.69) is 15.5 Å². The van der Waals surface area contributed by atoms with Crippen molar-refractivity contribution in [3.8, 4) is 0 Å². The van der Waals surface area contributed by atoms with Crippen molar-refractivity contribution in [1.29, 1.82) is 0 Å². The highest BCUT2D eigenvalue weighted by Crippen LogP contribution is 2.31. The number of oxime groups is 1.